The minimum Gasteiger partial charge on any atom is -0.353 e. The molecule has 0 aromatic carbocycles. The van der Waals surface area contributed by atoms with Gasteiger partial charge in [-0.2, -0.15) is 0 Å². The van der Waals surface area contributed by atoms with Crippen molar-refractivity contribution in [2.45, 2.75) is 104 Å². The summed E-state index contributed by atoms with van der Waals surface area (Å²) in [5.74, 6) is 0. The fraction of sp³-hybridized carbons (Fsp3) is 0.833. The van der Waals surface area contributed by atoms with Crippen LogP contribution in [0.15, 0.2) is 25.1 Å². The highest BCUT2D eigenvalue weighted by Crippen LogP contribution is 2.48. The van der Waals surface area contributed by atoms with Gasteiger partial charge in [0.15, 0.2) is 0 Å². The summed E-state index contributed by atoms with van der Waals surface area (Å²) in [6, 6.07) is 0. The topological polar surface area (TPSA) is 48.0 Å². The highest BCUT2D eigenvalue weighted by atomic mass is 31.2. The van der Waals surface area contributed by atoms with Crippen LogP contribution >= 0.6 is 7.82 Å². The van der Waals surface area contributed by atoms with Crippen LogP contribution in [0.4, 0.5) is 0 Å². The van der Waals surface area contributed by atoms with E-state index in [-0.39, 0.29) is 6.61 Å². The number of rotatable bonds is 23. The molecule has 178 valence electrons. The average molecular weight is 446 g/mol. The Labute approximate surface area is 186 Å². The fourth-order valence-electron chi connectivity index (χ4n) is 3.29. The Morgan fingerprint density at radius 2 is 1.27 bits per heavy atom. The number of allylic oxidation sites excluding steroid dienone is 1. The molecule has 0 fully saturated rings. The minimum atomic E-state index is -3.46. The van der Waals surface area contributed by atoms with Gasteiger partial charge in [0.05, 0.1) is 13.2 Å². The molecule has 0 aliphatic heterocycles. The van der Waals surface area contributed by atoms with Crippen LogP contribution in [-0.2, 0) is 18.1 Å². The zero-order chi connectivity index (χ0) is 22.3. The molecule has 5 nitrogen and oxygen atoms in total. The molecular formula is C24H48NO4P. The molecule has 0 bridgehead atoms. The van der Waals surface area contributed by atoms with E-state index in [1.54, 1.807) is 6.20 Å². The maximum Gasteiger partial charge on any atom is 0.474 e. The summed E-state index contributed by atoms with van der Waals surface area (Å²) in [6.07, 6.45) is 23.8. The van der Waals surface area contributed by atoms with Crippen LogP contribution in [0.5, 0.6) is 0 Å². The van der Waals surface area contributed by atoms with Gasteiger partial charge in [-0.05, 0) is 25.7 Å². The Hall–Kier alpha value is -0.610. The molecule has 0 aromatic rings. The summed E-state index contributed by atoms with van der Waals surface area (Å²) in [7, 11) is -2.09. The lowest BCUT2D eigenvalue weighted by Crippen LogP contribution is -2.16. The van der Waals surface area contributed by atoms with Crippen molar-refractivity contribution < 1.29 is 18.1 Å². The summed E-state index contributed by atoms with van der Waals surface area (Å²) in [4.78, 5) is 1.85. The maximum absolute atomic E-state index is 12.4. The average Bonchev–Trinajstić information content (AvgIpc) is 2.75. The Kier molecular flexibility index (Phi) is 21.2. The van der Waals surface area contributed by atoms with Crippen LogP contribution in [0, 0.1) is 0 Å². The third-order valence-corrected chi connectivity index (χ3v) is 6.59. The van der Waals surface area contributed by atoms with Crippen LogP contribution in [0.3, 0.4) is 0 Å². The van der Waals surface area contributed by atoms with Gasteiger partial charge < -0.3 is 4.90 Å². The van der Waals surface area contributed by atoms with Crippen LogP contribution in [0.1, 0.15) is 104 Å². The molecule has 0 aliphatic rings. The Morgan fingerprint density at radius 3 is 1.70 bits per heavy atom. The zero-order valence-electron chi connectivity index (χ0n) is 20.0. The van der Waals surface area contributed by atoms with E-state index in [9.17, 15) is 4.57 Å². The fourth-order valence-corrected chi connectivity index (χ4v) is 4.24. The third-order valence-electron chi connectivity index (χ3n) is 5.14. The predicted octanol–water partition coefficient (Wildman–Crippen LogP) is 8.23. The number of phosphoric ester groups is 1. The Bertz CT molecular complexity index is 456. The van der Waals surface area contributed by atoms with E-state index in [1.807, 2.05) is 24.1 Å². The molecule has 1 atom stereocenters. The first-order valence-corrected chi connectivity index (χ1v) is 13.5. The standard InChI is InChI=1S/C24H48NO4P/c1-5-8-9-10-11-12-13-14-15-16-17-18-19-20-23-28-30(26,27-4)29-24-22-25(7-3)21-6-2/h6-7,21H,3,5,8-20,22-24H2,1-2,4H3/b21-6-. The van der Waals surface area contributed by atoms with Gasteiger partial charge in [-0.15, -0.1) is 0 Å². The molecule has 0 amide bonds. The van der Waals surface area contributed by atoms with Gasteiger partial charge in [0.2, 0.25) is 0 Å². The second kappa shape index (κ2) is 21.6. The number of unbranched alkanes of at least 4 members (excludes halogenated alkanes) is 13. The highest BCUT2D eigenvalue weighted by molar-refractivity contribution is 7.48. The third kappa shape index (κ3) is 18.2. The molecule has 0 radical (unpaired) electrons. The molecule has 0 spiro atoms. The van der Waals surface area contributed by atoms with E-state index in [0.717, 1.165) is 12.8 Å². The summed E-state index contributed by atoms with van der Waals surface area (Å²) in [6.45, 7) is 9.12. The number of nitrogens with zero attached hydrogens (tertiary/aromatic N) is 1. The van der Waals surface area contributed by atoms with E-state index < -0.39 is 7.82 Å². The van der Waals surface area contributed by atoms with Crippen molar-refractivity contribution in [3.63, 3.8) is 0 Å². The van der Waals surface area contributed by atoms with Crippen molar-refractivity contribution in [2.24, 2.45) is 0 Å². The summed E-state index contributed by atoms with van der Waals surface area (Å²) in [5, 5.41) is 0. The van der Waals surface area contributed by atoms with E-state index in [1.165, 1.54) is 84.2 Å². The first-order valence-electron chi connectivity index (χ1n) is 12.1. The molecule has 0 aromatic heterocycles. The van der Waals surface area contributed by atoms with E-state index in [4.69, 9.17) is 13.6 Å². The first kappa shape index (κ1) is 29.4. The minimum absolute atomic E-state index is 0.250. The second-order valence-corrected chi connectivity index (χ2v) is 9.57. The molecule has 0 saturated heterocycles. The Balaban J connectivity index is 3.55. The summed E-state index contributed by atoms with van der Waals surface area (Å²) < 4.78 is 28.2. The number of hydrogen-bond acceptors (Lipinski definition) is 5. The Morgan fingerprint density at radius 1 is 0.800 bits per heavy atom. The predicted molar refractivity (Wildman–Crippen MR) is 129 cm³/mol. The highest BCUT2D eigenvalue weighted by Gasteiger charge is 2.24. The lowest BCUT2D eigenvalue weighted by atomic mass is 10.0. The number of hydrogen-bond donors (Lipinski definition) is 0. The molecule has 0 saturated carbocycles. The molecule has 0 aliphatic carbocycles. The normalized spacial score (nSPS) is 13.6. The SMILES string of the molecule is C=CN(/C=C\C)CCOP(=O)(OC)OCCCCCCCCCCCCCCCC. The van der Waals surface area contributed by atoms with Crippen molar-refractivity contribution >= 4 is 7.82 Å². The quantitative estimate of drug-likeness (QED) is 0.117. The van der Waals surface area contributed by atoms with Gasteiger partial charge in [0, 0.05) is 13.7 Å². The van der Waals surface area contributed by atoms with Gasteiger partial charge in [-0.3, -0.25) is 13.6 Å². The van der Waals surface area contributed by atoms with E-state index >= 15 is 0 Å². The second-order valence-electron chi connectivity index (χ2n) is 7.80. The lowest BCUT2D eigenvalue weighted by Gasteiger charge is -2.19. The van der Waals surface area contributed by atoms with Crippen LogP contribution in [0.2, 0.25) is 0 Å². The van der Waals surface area contributed by atoms with Crippen LogP contribution in [-0.4, -0.2) is 31.8 Å². The van der Waals surface area contributed by atoms with Crippen molar-refractivity contribution in [2.75, 3.05) is 26.9 Å². The summed E-state index contributed by atoms with van der Waals surface area (Å²) in [5.41, 5.74) is 0. The van der Waals surface area contributed by atoms with Crippen molar-refractivity contribution in [3.8, 4) is 0 Å². The van der Waals surface area contributed by atoms with E-state index in [0.29, 0.717) is 13.2 Å². The molecule has 30 heavy (non-hydrogen) atoms. The molecule has 1 unspecified atom stereocenters. The van der Waals surface area contributed by atoms with E-state index in [2.05, 4.69) is 13.5 Å². The summed E-state index contributed by atoms with van der Waals surface area (Å²) >= 11 is 0. The van der Waals surface area contributed by atoms with Crippen LogP contribution < -0.4 is 0 Å². The van der Waals surface area contributed by atoms with Gasteiger partial charge in [-0.1, -0.05) is 103 Å². The maximum atomic E-state index is 12.4. The zero-order valence-corrected chi connectivity index (χ0v) is 20.9. The van der Waals surface area contributed by atoms with Gasteiger partial charge in [-0.25, -0.2) is 4.57 Å². The molecule has 0 N–H and O–H groups in total. The van der Waals surface area contributed by atoms with Crippen molar-refractivity contribution in [1.82, 2.24) is 4.90 Å². The molecule has 0 heterocycles. The van der Waals surface area contributed by atoms with Gasteiger partial charge in [0.25, 0.3) is 0 Å². The molecule has 6 heteroatoms. The number of phosphoric acid groups is 1. The van der Waals surface area contributed by atoms with Crippen molar-refractivity contribution in [3.05, 3.63) is 25.1 Å². The monoisotopic (exact) mass is 445 g/mol. The van der Waals surface area contributed by atoms with Crippen molar-refractivity contribution in [1.29, 1.82) is 0 Å². The van der Waals surface area contributed by atoms with Gasteiger partial charge in [0.1, 0.15) is 0 Å². The largest absolute Gasteiger partial charge is 0.474 e. The lowest BCUT2D eigenvalue weighted by molar-refractivity contribution is 0.125. The molecular weight excluding hydrogens is 397 g/mol. The first-order chi connectivity index (χ1) is 14.6. The van der Waals surface area contributed by atoms with Gasteiger partial charge >= 0.3 is 7.82 Å². The smallest absolute Gasteiger partial charge is 0.353 e. The molecule has 0 rings (SSSR count). The van der Waals surface area contributed by atoms with Crippen LogP contribution in [0.25, 0.3) is 0 Å².